The van der Waals surface area contributed by atoms with Crippen LogP contribution in [0.5, 0.6) is 0 Å². The van der Waals surface area contributed by atoms with Crippen LogP contribution < -0.4 is 10.9 Å². The number of nitrogens with one attached hydrogen (secondary N) is 2. The van der Waals surface area contributed by atoms with Crippen LogP contribution in [0.1, 0.15) is 39.9 Å². The van der Waals surface area contributed by atoms with Gasteiger partial charge in [-0.1, -0.05) is 12.1 Å². The van der Waals surface area contributed by atoms with E-state index in [2.05, 4.69) is 20.9 Å². The summed E-state index contributed by atoms with van der Waals surface area (Å²) in [5.41, 5.74) is 6.62. The van der Waals surface area contributed by atoms with Crippen LogP contribution >= 0.6 is 11.3 Å². The Labute approximate surface area is 175 Å². The molecule has 0 unspecified atom stereocenters. The van der Waals surface area contributed by atoms with Gasteiger partial charge < -0.3 is 0 Å². The standard InChI is InChI=1S/C21H18FN5O2S/c1-12(2)27-19-14(11-24-27)9-15(10-23-19)20(28)25-26-21(29)18-8-7-17(30-18)13-3-5-16(22)6-4-13/h3-12H,1-2H3,(H,25,28)(H,26,29). The lowest BCUT2D eigenvalue weighted by Gasteiger charge is -2.08. The van der Waals surface area contributed by atoms with Gasteiger partial charge in [0.1, 0.15) is 5.82 Å². The lowest BCUT2D eigenvalue weighted by atomic mass is 10.2. The molecule has 0 aliphatic rings. The van der Waals surface area contributed by atoms with Crippen molar-refractivity contribution in [3.63, 3.8) is 0 Å². The van der Waals surface area contributed by atoms with E-state index in [-0.39, 0.29) is 11.9 Å². The second kappa shape index (κ2) is 8.03. The average molecular weight is 423 g/mol. The van der Waals surface area contributed by atoms with Crippen molar-refractivity contribution in [2.45, 2.75) is 19.9 Å². The zero-order chi connectivity index (χ0) is 21.3. The Kier molecular flexibility index (Phi) is 5.28. The Morgan fingerprint density at radius 3 is 2.50 bits per heavy atom. The van der Waals surface area contributed by atoms with Crippen LogP contribution in [0.3, 0.4) is 0 Å². The number of hydrogen-bond donors (Lipinski definition) is 2. The molecule has 3 aromatic heterocycles. The maximum absolute atomic E-state index is 13.1. The number of benzene rings is 1. The monoisotopic (exact) mass is 423 g/mol. The summed E-state index contributed by atoms with van der Waals surface area (Å²) < 4.78 is 14.8. The largest absolute Gasteiger partial charge is 0.279 e. The SMILES string of the molecule is CC(C)n1ncc2cc(C(=O)NNC(=O)c3ccc(-c4ccc(F)cc4)s3)cnc21. The minimum Gasteiger partial charge on any atom is -0.267 e. The highest BCUT2D eigenvalue weighted by Crippen LogP contribution is 2.28. The van der Waals surface area contributed by atoms with Gasteiger partial charge in [0.15, 0.2) is 5.65 Å². The fourth-order valence-corrected chi connectivity index (χ4v) is 3.83. The third-order valence-electron chi connectivity index (χ3n) is 4.43. The van der Waals surface area contributed by atoms with Gasteiger partial charge in [0.2, 0.25) is 0 Å². The Morgan fingerprint density at radius 1 is 1.03 bits per heavy atom. The molecule has 0 bridgehead atoms. The smallest absolute Gasteiger partial charge is 0.267 e. The molecule has 0 spiro atoms. The Balaban J connectivity index is 1.42. The third kappa shape index (κ3) is 3.92. The van der Waals surface area contributed by atoms with Gasteiger partial charge in [-0.25, -0.2) is 14.1 Å². The van der Waals surface area contributed by atoms with Crippen LogP contribution in [0.2, 0.25) is 0 Å². The van der Waals surface area contributed by atoms with Gasteiger partial charge >= 0.3 is 0 Å². The van der Waals surface area contributed by atoms with Gasteiger partial charge in [-0.05, 0) is 49.7 Å². The summed E-state index contributed by atoms with van der Waals surface area (Å²) in [6, 6.07) is 11.3. The molecule has 0 aliphatic carbocycles. The van der Waals surface area contributed by atoms with Crippen LogP contribution in [0, 0.1) is 5.82 Å². The number of aromatic nitrogens is 3. The topological polar surface area (TPSA) is 88.9 Å². The Hall–Kier alpha value is -3.59. The molecular formula is C21H18FN5O2S. The lowest BCUT2D eigenvalue weighted by molar-refractivity contribution is 0.0849. The number of hydrazine groups is 1. The molecule has 0 saturated heterocycles. The molecule has 4 rings (SSSR count). The van der Waals surface area contributed by atoms with Crippen molar-refractivity contribution in [1.82, 2.24) is 25.6 Å². The van der Waals surface area contributed by atoms with Crippen LogP contribution in [0.4, 0.5) is 4.39 Å². The molecule has 2 amide bonds. The van der Waals surface area contributed by atoms with E-state index >= 15 is 0 Å². The second-order valence-electron chi connectivity index (χ2n) is 6.90. The first kappa shape index (κ1) is 19.7. The average Bonchev–Trinajstić information content (AvgIpc) is 3.39. The minimum absolute atomic E-state index is 0.152. The Morgan fingerprint density at radius 2 is 1.77 bits per heavy atom. The summed E-state index contributed by atoms with van der Waals surface area (Å²) in [4.78, 5) is 30.3. The highest BCUT2D eigenvalue weighted by atomic mass is 32.1. The van der Waals surface area contributed by atoms with Gasteiger partial charge in [-0.3, -0.25) is 20.4 Å². The van der Waals surface area contributed by atoms with Crippen LogP contribution in [-0.2, 0) is 0 Å². The van der Waals surface area contributed by atoms with E-state index in [1.807, 2.05) is 13.8 Å². The molecule has 0 saturated carbocycles. The lowest BCUT2D eigenvalue weighted by Crippen LogP contribution is -2.41. The number of halogens is 1. The molecule has 0 atom stereocenters. The zero-order valence-corrected chi connectivity index (χ0v) is 17.0. The molecule has 0 aliphatic heterocycles. The predicted molar refractivity (Wildman–Crippen MR) is 113 cm³/mol. The fourth-order valence-electron chi connectivity index (χ4n) is 2.92. The number of carbonyl (C=O) groups is 2. The first-order valence-electron chi connectivity index (χ1n) is 9.22. The summed E-state index contributed by atoms with van der Waals surface area (Å²) in [5.74, 6) is -1.24. The number of carbonyl (C=O) groups excluding carboxylic acids is 2. The van der Waals surface area contributed by atoms with Gasteiger partial charge in [0, 0.05) is 22.5 Å². The van der Waals surface area contributed by atoms with Crippen molar-refractivity contribution in [1.29, 1.82) is 0 Å². The van der Waals surface area contributed by atoms with Crippen molar-refractivity contribution < 1.29 is 14.0 Å². The van der Waals surface area contributed by atoms with Gasteiger partial charge in [-0.15, -0.1) is 11.3 Å². The molecule has 152 valence electrons. The van der Waals surface area contributed by atoms with Crippen molar-refractivity contribution >= 4 is 34.2 Å². The second-order valence-corrected chi connectivity index (χ2v) is 7.98. The summed E-state index contributed by atoms with van der Waals surface area (Å²) in [6.07, 6.45) is 3.10. The number of rotatable bonds is 4. The van der Waals surface area contributed by atoms with E-state index < -0.39 is 11.8 Å². The zero-order valence-electron chi connectivity index (χ0n) is 16.2. The van der Waals surface area contributed by atoms with Crippen molar-refractivity contribution in [2.24, 2.45) is 0 Å². The van der Waals surface area contributed by atoms with E-state index in [1.54, 1.807) is 41.2 Å². The molecule has 3 heterocycles. The fraction of sp³-hybridized carbons (Fsp3) is 0.143. The van der Waals surface area contributed by atoms with Crippen molar-refractivity contribution in [2.75, 3.05) is 0 Å². The van der Waals surface area contributed by atoms with E-state index in [9.17, 15) is 14.0 Å². The molecule has 2 N–H and O–H groups in total. The van der Waals surface area contributed by atoms with E-state index in [1.165, 1.54) is 29.7 Å². The number of thiophene rings is 1. The number of nitrogens with zero attached hydrogens (tertiary/aromatic N) is 3. The number of pyridine rings is 1. The molecule has 4 aromatic rings. The molecular weight excluding hydrogens is 405 g/mol. The first-order chi connectivity index (χ1) is 14.4. The molecule has 0 fully saturated rings. The highest BCUT2D eigenvalue weighted by molar-refractivity contribution is 7.17. The van der Waals surface area contributed by atoms with Crippen LogP contribution in [0.25, 0.3) is 21.5 Å². The predicted octanol–water partition coefficient (Wildman–Crippen LogP) is 3.95. The number of fused-ring (bicyclic) bond motifs is 1. The molecule has 30 heavy (non-hydrogen) atoms. The van der Waals surface area contributed by atoms with Crippen molar-refractivity contribution in [3.8, 4) is 10.4 Å². The normalized spacial score (nSPS) is 11.1. The summed E-state index contributed by atoms with van der Waals surface area (Å²) in [5, 5.41) is 5.02. The van der Waals surface area contributed by atoms with E-state index in [0.717, 1.165) is 15.8 Å². The van der Waals surface area contributed by atoms with Gasteiger partial charge in [0.25, 0.3) is 11.8 Å². The summed E-state index contributed by atoms with van der Waals surface area (Å²) in [6.45, 7) is 3.99. The van der Waals surface area contributed by atoms with E-state index in [0.29, 0.717) is 16.1 Å². The molecule has 0 radical (unpaired) electrons. The van der Waals surface area contributed by atoms with Crippen LogP contribution in [0.15, 0.2) is 54.9 Å². The number of hydrogen-bond acceptors (Lipinski definition) is 5. The van der Waals surface area contributed by atoms with Gasteiger partial charge in [0.05, 0.1) is 16.6 Å². The minimum atomic E-state index is -0.481. The summed E-state index contributed by atoms with van der Waals surface area (Å²) in [7, 11) is 0. The summed E-state index contributed by atoms with van der Waals surface area (Å²) >= 11 is 1.25. The van der Waals surface area contributed by atoms with Crippen LogP contribution in [-0.4, -0.2) is 26.6 Å². The first-order valence-corrected chi connectivity index (χ1v) is 10.0. The maximum Gasteiger partial charge on any atom is 0.279 e. The molecule has 1 aromatic carbocycles. The quantitative estimate of drug-likeness (QED) is 0.487. The maximum atomic E-state index is 13.1. The molecule has 7 nitrogen and oxygen atoms in total. The van der Waals surface area contributed by atoms with Gasteiger partial charge in [-0.2, -0.15) is 5.10 Å². The highest BCUT2D eigenvalue weighted by Gasteiger charge is 2.14. The third-order valence-corrected chi connectivity index (χ3v) is 5.57. The Bertz CT molecular complexity index is 1230. The van der Waals surface area contributed by atoms with Crippen molar-refractivity contribution in [3.05, 3.63) is 71.1 Å². The number of amides is 2. The molecule has 9 heteroatoms. The van der Waals surface area contributed by atoms with E-state index in [4.69, 9.17) is 0 Å².